The average molecular weight is 317 g/mol. The van der Waals surface area contributed by atoms with Gasteiger partial charge >= 0.3 is 0 Å². The van der Waals surface area contributed by atoms with Crippen LogP contribution in [0.5, 0.6) is 0 Å². The van der Waals surface area contributed by atoms with Gasteiger partial charge in [0.1, 0.15) is 5.82 Å². The Labute approximate surface area is 136 Å². The van der Waals surface area contributed by atoms with Crippen LogP contribution >= 0.6 is 0 Å². The van der Waals surface area contributed by atoms with Crippen LogP contribution in [0.1, 0.15) is 32.4 Å². The van der Waals surface area contributed by atoms with E-state index >= 15 is 0 Å². The van der Waals surface area contributed by atoms with E-state index in [4.69, 9.17) is 0 Å². The summed E-state index contributed by atoms with van der Waals surface area (Å²) in [6, 6.07) is 8.33. The molecule has 0 aliphatic heterocycles. The van der Waals surface area contributed by atoms with Crippen LogP contribution in [0.15, 0.2) is 30.3 Å². The molecule has 23 heavy (non-hydrogen) atoms. The lowest BCUT2D eigenvalue weighted by atomic mass is 10.1. The van der Waals surface area contributed by atoms with Crippen molar-refractivity contribution in [3.8, 4) is 11.3 Å². The first-order valence-electron chi connectivity index (χ1n) is 8.06. The number of nitrogens with zero attached hydrogens (tertiary/aromatic N) is 2. The van der Waals surface area contributed by atoms with E-state index < -0.39 is 0 Å². The van der Waals surface area contributed by atoms with Crippen molar-refractivity contribution in [3.63, 3.8) is 0 Å². The third kappa shape index (κ3) is 4.65. The normalized spacial score (nSPS) is 12.2. The largest absolute Gasteiger partial charge is 0.346 e. The molecule has 0 aliphatic rings. The Kier molecular flexibility index (Phi) is 5.90. The zero-order chi connectivity index (χ0) is 16.8. The third-order valence-electron chi connectivity index (χ3n) is 4.10. The molecule has 4 nitrogen and oxygen atoms in total. The summed E-state index contributed by atoms with van der Waals surface area (Å²) in [4.78, 5) is 13.8. The van der Waals surface area contributed by atoms with Crippen LogP contribution in [0, 0.1) is 11.7 Å². The number of aromatic nitrogens is 2. The first-order valence-corrected chi connectivity index (χ1v) is 8.06. The van der Waals surface area contributed by atoms with Crippen molar-refractivity contribution >= 4 is 5.91 Å². The summed E-state index contributed by atoms with van der Waals surface area (Å²) in [6.07, 6.45) is 2.53. The van der Waals surface area contributed by atoms with Gasteiger partial charge in [0.15, 0.2) is 0 Å². The summed E-state index contributed by atoms with van der Waals surface area (Å²) in [5.41, 5.74) is 2.49. The lowest BCUT2D eigenvalue weighted by molar-refractivity contribution is -0.133. The smallest absolute Gasteiger partial charge is 0.225 e. The maximum Gasteiger partial charge on any atom is 0.225 e. The van der Waals surface area contributed by atoms with Gasteiger partial charge in [-0.25, -0.2) is 4.39 Å². The van der Waals surface area contributed by atoms with Crippen molar-refractivity contribution in [1.29, 1.82) is 0 Å². The number of amides is 1. The lowest BCUT2D eigenvalue weighted by Crippen LogP contribution is -2.32. The number of hydrogen-bond acceptors (Lipinski definition) is 2. The standard InChI is InChI=1S/C18H24FN3O/c1-4-13(2)18(23)22(3)10-6-9-16-12-17(21-20-16)14-7-5-8-15(19)11-14/h5,7-8,11-13H,4,6,9-10H2,1-3H3,(H,20,21)/t13-/m1/s1. The maximum absolute atomic E-state index is 13.2. The number of nitrogens with one attached hydrogen (secondary N) is 1. The predicted octanol–water partition coefficient (Wildman–Crippen LogP) is 3.65. The van der Waals surface area contributed by atoms with E-state index in [9.17, 15) is 9.18 Å². The molecule has 1 aromatic carbocycles. The van der Waals surface area contributed by atoms with Crippen molar-refractivity contribution < 1.29 is 9.18 Å². The molecule has 1 aromatic heterocycles. The summed E-state index contributed by atoms with van der Waals surface area (Å²) in [6.45, 7) is 4.70. The summed E-state index contributed by atoms with van der Waals surface area (Å²) in [5, 5.41) is 7.21. The highest BCUT2D eigenvalue weighted by atomic mass is 19.1. The number of benzene rings is 1. The monoisotopic (exact) mass is 317 g/mol. The minimum Gasteiger partial charge on any atom is -0.346 e. The van der Waals surface area contributed by atoms with Gasteiger partial charge < -0.3 is 4.90 Å². The third-order valence-corrected chi connectivity index (χ3v) is 4.10. The van der Waals surface area contributed by atoms with Gasteiger partial charge in [-0.2, -0.15) is 5.10 Å². The SMILES string of the molecule is CC[C@@H](C)C(=O)N(C)CCCc1cc(-c2cccc(F)c2)n[nH]1. The molecule has 0 saturated heterocycles. The highest BCUT2D eigenvalue weighted by Crippen LogP contribution is 2.19. The second kappa shape index (κ2) is 7.90. The van der Waals surface area contributed by atoms with Gasteiger partial charge in [0.25, 0.3) is 0 Å². The minimum absolute atomic E-state index is 0.0757. The van der Waals surface area contributed by atoms with Gasteiger partial charge in [-0.05, 0) is 37.5 Å². The van der Waals surface area contributed by atoms with Crippen molar-refractivity contribution in [2.45, 2.75) is 33.1 Å². The number of aryl methyl sites for hydroxylation is 1. The van der Waals surface area contributed by atoms with Crippen molar-refractivity contribution in [1.82, 2.24) is 15.1 Å². The number of hydrogen-bond donors (Lipinski definition) is 1. The Morgan fingerprint density at radius 3 is 2.87 bits per heavy atom. The molecule has 0 unspecified atom stereocenters. The summed E-state index contributed by atoms with van der Waals surface area (Å²) < 4.78 is 13.2. The van der Waals surface area contributed by atoms with E-state index in [1.807, 2.05) is 33.0 Å². The second-order valence-electron chi connectivity index (χ2n) is 5.96. The van der Waals surface area contributed by atoms with Crippen LogP contribution in [-0.4, -0.2) is 34.6 Å². The molecule has 1 heterocycles. The molecule has 0 radical (unpaired) electrons. The molecule has 2 aromatic rings. The van der Waals surface area contributed by atoms with Crippen LogP contribution < -0.4 is 0 Å². The van der Waals surface area contributed by atoms with Crippen LogP contribution in [0.4, 0.5) is 4.39 Å². The van der Waals surface area contributed by atoms with Gasteiger partial charge in [-0.15, -0.1) is 0 Å². The van der Waals surface area contributed by atoms with Gasteiger partial charge in [-0.1, -0.05) is 26.0 Å². The average Bonchev–Trinajstić information content (AvgIpc) is 3.02. The maximum atomic E-state index is 13.2. The molecular formula is C18H24FN3O. The quantitative estimate of drug-likeness (QED) is 0.847. The Morgan fingerprint density at radius 1 is 1.39 bits per heavy atom. The highest BCUT2D eigenvalue weighted by Gasteiger charge is 2.15. The first kappa shape index (κ1) is 17.2. The number of carbonyl (C=O) groups is 1. The minimum atomic E-state index is -0.266. The summed E-state index contributed by atoms with van der Waals surface area (Å²) in [5.74, 6) is 0.00141. The predicted molar refractivity (Wildman–Crippen MR) is 89.4 cm³/mol. The summed E-state index contributed by atoms with van der Waals surface area (Å²) in [7, 11) is 1.85. The number of halogens is 1. The molecule has 124 valence electrons. The Morgan fingerprint density at radius 2 is 2.17 bits per heavy atom. The molecule has 5 heteroatoms. The molecule has 1 amide bonds. The zero-order valence-electron chi connectivity index (χ0n) is 14.0. The number of aromatic amines is 1. The Bertz CT molecular complexity index is 653. The van der Waals surface area contributed by atoms with E-state index in [1.165, 1.54) is 12.1 Å². The molecule has 0 fully saturated rings. The van der Waals surface area contributed by atoms with Gasteiger partial charge in [0, 0.05) is 30.8 Å². The summed E-state index contributed by atoms with van der Waals surface area (Å²) >= 11 is 0. The van der Waals surface area contributed by atoms with Crippen molar-refractivity contribution in [3.05, 3.63) is 41.8 Å². The molecule has 0 aliphatic carbocycles. The van der Waals surface area contributed by atoms with Crippen LogP contribution in [0.2, 0.25) is 0 Å². The highest BCUT2D eigenvalue weighted by molar-refractivity contribution is 5.78. The Hall–Kier alpha value is -2.17. The molecule has 0 saturated carbocycles. The van der Waals surface area contributed by atoms with E-state index in [1.54, 1.807) is 11.0 Å². The van der Waals surface area contributed by atoms with Crippen LogP contribution in [-0.2, 0) is 11.2 Å². The lowest BCUT2D eigenvalue weighted by Gasteiger charge is -2.20. The molecule has 2 rings (SSSR count). The van der Waals surface area contributed by atoms with E-state index in [2.05, 4.69) is 10.2 Å². The second-order valence-corrected chi connectivity index (χ2v) is 5.96. The van der Waals surface area contributed by atoms with E-state index in [0.29, 0.717) is 0 Å². The Balaban J connectivity index is 1.87. The van der Waals surface area contributed by atoms with Gasteiger partial charge in [0.2, 0.25) is 5.91 Å². The van der Waals surface area contributed by atoms with E-state index in [0.717, 1.165) is 42.8 Å². The van der Waals surface area contributed by atoms with Gasteiger partial charge in [-0.3, -0.25) is 9.89 Å². The first-order chi connectivity index (χ1) is 11.0. The zero-order valence-corrected chi connectivity index (χ0v) is 14.0. The molecule has 1 atom stereocenters. The van der Waals surface area contributed by atoms with Crippen LogP contribution in [0.3, 0.4) is 0 Å². The fourth-order valence-corrected chi connectivity index (χ4v) is 2.45. The molecule has 1 N–H and O–H groups in total. The van der Waals surface area contributed by atoms with Crippen molar-refractivity contribution in [2.24, 2.45) is 5.92 Å². The topological polar surface area (TPSA) is 49.0 Å². The number of H-pyrrole nitrogens is 1. The van der Waals surface area contributed by atoms with Crippen molar-refractivity contribution in [2.75, 3.05) is 13.6 Å². The molecule has 0 spiro atoms. The van der Waals surface area contributed by atoms with E-state index in [-0.39, 0.29) is 17.6 Å². The molecular weight excluding hydrogens is 293 g/mol. The number of rotatable bonds is 7. The number of carbonyl (C=O) groups excluding carboxylic acids is 1. The van der Waals surface area contributed by atoms with Crippen LogP contribution in [0.25, 0.3) is 11.3 Å². The fourth-order valence-electron chi connectivity index (χ4n) is 2.45. The molecule has 0 bridgehead atoms. The van der Waals surface area contributed by atoms with Gasteiger partial charge in [0.05, 0.1) is 5.69 Å². The fraction of sp³-hybridized carbons (Fsp3) is 0.444.